The van der Waals surface area contributed by atoms with E-state index in [4.69, 9.17) is 0 Å². The number of para-hydroxylation sites is 1. The van der Waals surface area contributed by atoms with Gasteiger partial charge in [0, 0.05) is 70.0 Å². The second-order valence-corrected chi connectivity index (χ2v) is 9.97. The molecule has 6 nitrogen and oxygen atoms in total. The summed E-state index contributed by atoms with van der Waals surface area (Å²) in [6.45, 7) is 6.49. The Morgan fingerprint density at radius 2 is 1.53 bits per heavy atom. The Labute approximate surface area is 203 Å². The van der Waals surface area contributed by atoms with E-state index < -0.39 is 0 Å². The fourth-order valence-corrected chi connectivity index (χ4v) is 5.48. The summed E-state index contributed by atoms with van der Waals surface area (Å²) in [5, 5.41) is 0. The molecule has 3 fully saturated rings. The molecule has 2 aromatic carbocycles. The van der Waals surface area contributed by atoms with Crippen molar-refractivity contribution >= 4 is 23.2 Å². The predicted octanol–water partition coefficient (Wildman–Crippen LogP) is 3.67. The standard InChI is InChI=1S/C28H36N4O2/c1-29-15-17-30(18-16-29)26-8-3-2-7-22(26)19-24-20-25(32-14-5-4-9-28(32)34)12-11-23(24)21-31-13-6-10-27(31)33/h2-3,7-8,11-12,20H,4-6,9-10,13-19,21H2,1H3. The van der Waals surface area contributed by atoms with Crippen LogP contribution >= 0.6 is 0 Å². The fraction of sp³-hybridized carbons (Fsp3) is 0.500. The first kappa shape index (κ1) is 22.9. The van der Waals surface area contributed by atoms with Gasteiger partial charge < -0.3 is 19.6 Å². The van der Waals surface area contributed by atoms with Crippen molar-refractivity contribution in [3.8, 4) is 0 Å². The molecular formula is C28H36N4O2. The topological polar surface area (TPSA) is 47.1 Å². The van der Waals surface area contributed by atoms with Gasteiger partial charge in [0.2, 0.25) is 11.8 Å². The minimum Gasteiger partial charge on any atom is -0.369 e. The lowest BCUT2D eigenvalue weighted by Gasteiger charge is -2.35. The number of hydrogen-bond acceptors (Lipinski definition) is 4. The SMILES string of the molecule is CN1CCN(c2ccccc2Cc2cc(N3CCCCC3=O)ccc2CN2CCCC2=O)CC1. The maximum absolute atomic E-state index is 12.6. The zero-order valence-corrected chi connectivity index (χ0v) is 20.3. The highest BCUT2D eigenvalue weighted by Gasteiger charge is 2.24. The summed E-state index contributed by atoms with van der Waals surface area (Å²) < 4.78 is 0. The molecule has 3 aliphatic heterocycles. The normalized spacial score (nSPS) is 19.9. The van der Waals surface area contributed by atoms with Crippen LogP contribution in [0.2, 0.25) is 0 Å². The van der Waals surface area contributed by atoms with Gasteiger partial charge in [0.25, 0.3) is 0 Å². The van der Waals surface area contributed by atoms with Gasteiger partial charge in [-0.1, -0.05) is 24.3 Å². The van der Waals surface area contributed by atoms with Crippen molar-refractivity contribution in [3.05, 3.63) is 59.2 Å². The molecule has 180 valence electrons. The van der Waals surface area contributed by atoms with Gasteiger partial charge in [0.1, 0.15) is 0 Å². The van der Waals surface area contributed by atoms with Gasteiger partial charge >= 0.3 is 0 Å². The number of likely N-dealkylation sites (N-methyl/N-ethyl adjacent to an activating group) is 1. The average molecular weight is 461 g/mol. The number of likely N-dealkylation sites (tertiary alicyclic amines) is 1. The van der Waals surface area contributed by atoms with Gasteiger partial charge in [-0.25, -0.2) is 0 Å². The number of benzene rings is 2. The summed E-state index contributed by atoms with van der Waals surface area (Å²) in [6.07, 6.45) is 5.07. The van der Waals surface area contributed by atoms with Crippen molar-refractivity contribution < 1.29 is 9.59 Å². The van der Waals surface area contributed by atoms with Crippen LogP contribution in [0.1, 0.15) is 48.8 Å². The number of nitrogens with zero attached hydrogens (tertiary/aromatic N) is 4. The largest absolute Gasteiger partial charge is 0.369 e. The van der Waals surface area contributed by atoms with Crippen LogP contribution in [-0.2, 0) is 22.6 Å². The number of carbonyl (C=O) groups is 2. The van der Waals surface area contributed by atoms with Gasteiger partial charge in [-0.3, -0.25) is 9.59 Å². The molecule has 0 unspecified atom stereocenters. The summed E-state index contributed by atoms with van der Waals surface area (Å²) in [5.41, 5.74) is 6.02. The van der Waals surface area contributed by atoms with Gasteiger partial charge in [0.05, 0.1) is 0 Å². The molecule has 0 radical (unpaired) electrons. The van der Waals surface area contributed by atoms with E-state index in [1.165, 1.54) is 22.4 Å². The number of hydrogen-bond donors (Lipinski definition) is 0. The van der Waals surface area contributed by atoms with Gasteiger partial charge in [-0.15, -0.1) is 0 Å². The third kappa shape index (κ3) is 4.97. The second kappa shape index (κ2) is 10.2. The van der Waals surface area contributed by atoms with E-state index in [1.807, 2.05) is 9.80 Å². The average Bonchev–Trinajstić information content (AvgIpc) is 3.26. The van der Waals surface area contributed by atoms with Crippen molar-refractivity contribution in [1.82, 2.24) is 9.80 Å². The Hall–Kier alpha value is -2.86. The van der Waals surface area contributed by atoms with Crippen LogP contribution in [0.5, 0.6) is 0 Å². The summed E-state index contributed by atoms with van der Waals surface area (Å²) in [7, 11) is 2.18. The molecule has 0 aliphatic carbocycles. The summed E-state index contributed by atoms with van der Waals surface area (Å²) in [5.74, 6) is 0.469. The minimum atomic E-state index is 0.220. The molecule has 5 rings (SSSR count). The third-order valence-electron chi connectivity index (χ3n) is 7.57. The van der Waals surface area contributed by atoms with Crippen molar-refractivity contribution in [3.63, 3.8) is 0 Å². The number of carbonyl (C=O) groups excluding carboxylic acids is 2. The molecule has 0 aromatic heterocycles. The predicted molar refractivity (Wildman–Crippen MR) is 136 cm³/mol. The number of anilines is 2. The lowest BCUT2D eigenvalue weighted by Crippen LogP contribution is -2.44. The Balaban J connectivity index is 1.46. The molecular weight excluding hydrogens is 424 g/mol. The Bertz CT molecular complexity index is 1040. The highest BCUT2D eigenvalue weighted by Crippen LogP contribution is 2.30. The zero-order valence-electron chi connectivity index (χ0n) is 20.3. The number of amides is 2. The maximum atomic E-state index is 12.6. The van der Waals surface area contributed by atoms with Crippen molar-refractivity contribution in [2.24, 2.45) is 0 Å². The molecule has 0 N–H and O–H groups in total. The molecule has 0 spiro atoms. The van der Waals surface area contributed by atoms with E-state index in [0.717, 1.165) is 70.6 Å². The molecule has 3 aliphatic rings. The summed E-state index contributed by atoms with van der Waals surface area (Å²) in [6, 6.07) is 15.2. The zero-order chi connectivity index (χ0) is 23.5. The Kier molecular flexibility index (Phi) is 6.86. The first-order valence-electron chi connectivity index (χ1n) is 12.8. The molecule has 2 aromatic rings. The Morgan fingerprint density at radius 3 is 2.29 bits per heavy atom. The van der Waals surface area contributed by atoms with Crippen LogP contribution in [0.4, 0.5) is 11.4 Å². The molecule has 34 heavy (non-hydrogen) atoms. The summed E-state index contributed by atoms with van der Waals surface area (Å²) in [4.78, 5) is 33.8. The quantitative estimate of drug-likeness (QED) is 0.660. The smallest absolute Gasteiger partial charge is 0.226 e. The Morgan fingerprint density at radius 1 is 0.735 bits per heavy atom. The van der Waals surface area contributed by atoms with Crippen LogP contribution in [0, 0.1) is 0 Å². The van der Waals surface area contributed by atoms with E-state index in [2.05, 4.69) is 59.3 Å². The maximum Gasteiger partial charge on any atom is 0.226 e. The van der Waals surface area contributed by atoms with Crippen molar-refractivity contribution in [2.45, 2.75) is 45.1 Å². The number of piperazine rings is 1. The lowest BCUT2D eigenvalue weighted by molar-refractivity contribution is -0.128. The van der Waals surface area contributed by atoms with Crippen molar-refractivity contribution in [1.29, 1.82) is 0 Å². The van der Waals surface area contributed by atoms with Gasteiger partial charge in [-0.2, -0.15) is 0 Å². The molecule has 0 atom stereocenters. The van der Waals surface area contributed by atoms with E-state index >= 15 is 0 Å². The van der Waals surface area contributed by atoms with E-state index in [0.29, 0.717) is 19.4 Å². The van der Waals surface area contributed by atoms with Crippen LogP contribution in [0.3, 0.4) is 0 Å². The van der Waals surface area contributed by atoms with Crippen molar-refractivity contribution in [2.75, 3.05) is 56.1 Å². The minimum absolute atomic E-state index is 0.220. The molecule has 3 saturated heterocycles. The van der Waals surface area contributed by atoms with Gasteiger partial charge in [-0.05, 0) is 67.6 Å². The third-order valence-corrected chi connectivity index (χ3v) is 7.57. The highest BCUT2D eigenvalue weighted by atomic mass is 16.2. The molecule has 2 amide bonds. The fourth-order valence-electron chi connectivity index (χ4n) is 5.48. The monoisotopic (exact) mass is 460 g/mol. The van der Waals surface area contributed by atoms with Crippen LogP contribution < -0.4 is 9.80 Å². The molecule has 0 saturated carbocycles. The van der Waals surface area contributed by atoms with E-state index in [1.54, 1.807) is 0 Å². The first-order valence-corrected chi connectivity index (χ1v) is 12.8. The van der Waals surface area contributed by atoms with Crippen LogP contribution in [0.15, 0.2) is 42.5 Å². The second-order valence-electron chi connectivity index (χ2n) is 9.97. The molecule has 3 heterocycles. The van der Waals surface area contributed by atoms with E-state index in [-0.39, 0.29) is 11.8 Å². The lowest BCUT2D eigenvalue weighted by atomic mass is 9.96. The van der Waals surface area contributed by atoms with E-state index in [9.17, 15) is 9.59 Å². The molecule has 6 heteroatoms. The van der Waals surface area contributed by atoms with Crippen LogP contribution in [0.25, 0.3) is 0 Å². The van der Waals surface area contributed by atoms with Gasteiger partial charge in [0.15, 0.2) is 0 Å². The van der Waals surface area contributed by atoms with Crippen LogP contribution in [-0.4, -0.2) is 67.9 Å². The summed E-state index contributed by atoms with van der Waals surface area (Å²) >= 11 is 0. The number of piperidine rings is 1. The number of rotatable bonds is 6. The molecule has 0 bridgehead atoms. The highest BCUT2D eigenvalue weighted by molar-refractivity contribution is 5.94. The first-order chi connectivity index (χ1) is 16.6.